The van der Waals surface area contributed by atoms with E-state index in [1.807, 2.05) is 0 Å². The number of carboxylic acids is 1. The second-order valence-electron chi connectivity index (χ2n) is 6.53. The van der Waals surface area contributed by atoms with Crippen molar-refractivity contribution in [3.05, 3.63) is 46.3 Å². The van der Waals surface area contributed by atoms with E-state index in [1.54, 1.807) is 44.2 Å². The largest absolute Gasteiger partial charge is 1.00 e. The Bertz CT molecular complexity index is 827. The molecular formula is C16H16N5NaO4S. The molecule has 0 radical (unpaired) electrons. The first kappa shape index (κ1) is 21.6. The molecule has 11 heteroatoms. The van der Waals surface area contributed by atoms with Crippen LogP contribution >= 0.6 is 11.8 Å². The first-order chi connectivity index (χ1) is 12.3. The van der Waals surface area contributed by atoms with Gasteiger partial charge in [0.1, 0.15) is 11.4 Å². The topological polar surface area (TPSA) is 142 Å². The van der Waals surface area contributed by atoms with Gasteiger partial charge in [-0.15, -0.1) is 11.8 Å². The zero-order valence-corrected chi connectivity index (χ0v) is 17.8. The molecule has 4 atom stereocenters. The van der Waals surface area contributed by atoms with E-state index in [9.17, 15) is 19.8 Å². The number of carboxylic acid groups (broad SMARTS) is 1. The Balaban J connectivity index is 0.00000261. The number of nitrogens with zero attached hydrogens (tertiary/aromatic N) is 5. The standard InChI is InChI=1S/C16H17N5O4S.Na/c1-16(2)11(15(24)25)21-13(23)10(14(21)26-16)18-12(22)9(19-20-17)8-6-4-3-5-7-8;/h3-7,9-11,14H,1-2H3,(H,18,22)(H,24,25);/q;+1/p-1/t9-,10-,11+,14-;/m1./s1. The summed E-state index contributed by atoms with van der Waals surface area (Å²) < 4.78 is -0.691. The molecular weight excluding hydrogens is 381 g/mol. The van der Waals surface area contributed by atoms with E-state index in [0.29, 0.717) is 5.56 Å². The molecule has 2 heterocycles. The summed E-state index contributed by atoms with van der Waals surface area (Å²) in [6.45, 7) is 3.49. The number of β-lactam (4-membered cyclic amide) rings is 1. The van der Waals surface area contributed by atoms with Crippen molar-refractivity contribution < 1.29 is 49.4 Å². The maximum atomic E-state index is 12.5. The molecule has 0 saturated carbocycles. The van der Waals surface area contributed by atoms with Crippen LogP contribution in [0.15, 0.2) is 40.4 Å². The van der Waals surface area contributed by atoms with E-state index < -0.39 is 46.0 Å². The maximum Gasteiger partial charge on any atom is 1.00 e. The number of rotatable bonds is 5. The summed E-state index contributed by atoms with van der Waals surface area (Å²) >= 11 is 1.30. The van der Waals surface area contributed by atoms with Gasteiger partial charge in [-0.25, -0.2) is 4.79 Å². The normalized spacial score (nSPS) is 26.9. The number of amides is 1. The molecule has 2 aliphatic heterocycles. The molecule has 2 aliphatic rings. The number of hydrogen-bond donors (Lipinski definition) is 1. The van der Waals surface area contributed by atoms with Gasteiger partial charge in [-0.05, 0) is 30.8 Å². The van der Waals surface area contributed by atoms with Gasteiger partial charge in [0.25, 0.3) is 5.91 Å². The molecule has 1 aromatic carbocycles. The fourth-order valence-electron chi connectivity index (χ4n) is 3.26. The van der Waals surface area contributed by atoms with Crippen molar-refractivity contribution in [1.82, 2.24) is 4.90 Å². The van der Waals surface area contributed by atoms with E-state index in [-0.39, 0.29) is 29.6 Å². The predicted octanol–water partition coefficient (Wildman–Crippen LogP) is -1.68. The quantitative estimate of drug-likeness (QED) is 0.120. The van der Waals surface area contributed by atoms with Gasteiger partial charge < -0.3 is 15.1 Å². The van der Waals surface area contributed by atoms with Gasteiger partial charge in [0.2, 0.25) is 0 Å². The Morgan fingerprint density at radius 1 is 1.41 bits per heavy atom. The Labute approximate surface area is 181 Å². The predicted molar refractivity (Wildman–Crippen MR) is 93.3 cm³/mol. The van der Waals surface area contributed by atoms with E-state index in [2.05, 4.69) is 15.0 Å². The van der Waals surface area contributed by atoms with Gasteiger partial charge >= 0.3 is 35.5 Å². The Hall–Kier alpha value is -1.71. The molecule has 1 N–H and O–H groups in total. The molecule has 0 aliphatic carbocycles. The van der Waals surface area contributed by atoms with Gasteiger partial charge in [-0.2, -0.15) is 0 Å². The van der Waals surface area contributed by atoms with Crippen molar-refractivity contribution in [3.8, 4) is 0 Å². The number of benzene rings is 1. The third-order valence-corrected chi connectivity index (χ3v) is 5.99. The Morgan fingerprint density at radius 2 is 2.04 bits per heavy atom. The molecule has 0 unspecified atom stereocenters. The summed E-state index contributed by atoms with van der Waals surface area (Å²) in [7, 11) is 0. The average Bonchev–Trinajstić information content (AvgIpc) is 2.86. The third kappa shape index (κ3) is 3.81. The molecule has 1 amide bonds. The number of carbonyl (C=O) groups excluding carboxylic acids is 1. The van der Waals surface area contributed by atoms with Gasteiger partial charge in [-0.1, -0.05) is 35.4 Å². The van der Waals surface area contributed by atoms with Gasteiger partial charge in [-0.3, -0.25) is 9.79 Å². The number of carbonyl (C=O) groups is 2. The molecule has 0 aromatic heterocycles. The van der Waals surface area contributed by atoms with Crippen molar-refractivity contribution >= 4 is 29.5 Å². The summed E-state index contributed by atoms with van der Waals surface area (Å²) in [4.78, 5) is 31.8. The summed E-state index contributed by atoms with van der Waals surface area (Å²) in [5, 5.41) is 24.9. The van der Waals surface area contributed by atoms with Crippen molar-refractivity contribution in [3.63, 3.8) is 0 Å². The molecule has 27 heavy (non-hydrogen) atoms. The number of hydrogen-bond acceptors (Lipinski definition) is 6. The van der Waals surface area contributed by atoms with E-state index in [1.165, 1.54) is 16.7 Å². The van der Waals surface area contributed by atoms with E-state index in [4.69, 9.17) is 5.53 Å². The van der Waals surface area contributed by atoms with Gasteiger partial charge in [0.15, 0.2) is 6.04 Å². The summed E-state index contributed by atoms with van der Waals surface area (Å²) in [6.07, 6.45) is 0. The summed E-state index contributed by atoms with van der Waals surface area (Å²) in [6, 6.07) is 5.35. The van der Waals surface area contributed by atoms with Crippen molar-refractivity contribution in [2.45, 2.75) is 42.1 Å². The first-order valence-electron chi connectivity index (χ1n) is 7.84. The van der Waals surface area contributed by atoms with Gasteiger partial charge in [0.05, 0.1) is 6.04 Å². The van der Waals surface area contributed by atoms with Crippen LogP contribution in [0.1, 0.15) is 25.5 Å². The smallest absolute Gasteiger partial charge is 0.861 e. The minimum absolute atomic E-state index is 0. The minimum Gasteiger partial charge on any atom is -0.861 e. The van der Waals surface area contributed by atoms with Crippen LogP contribution in [-0.2, 0) is 9.59 Å². The van der Waals surface area contributed by atoms with Gasteiger partial charge in [0, 0.05) is 9.66 Å². The van der Waals surface area contributed by atoms with Crippen LogP contribution in [0.3, 0.4) is 0 Å². The molecule has 1 aromatic rings. The number of thioether (sulfide) groups is 1. The van der Waals surface area contributed by atoms with Crippen LogP contribution in [0.2, 0.25) is 0 Å². The van der Waals surface area contributed by atoms with Crippen LogP contribution < -0.4 is 34.7 Å². The zero-order valence-electron chi connectivity index (χ0n) is 15.0. The second kappa shape index (κ2) is 8.12. The number of fused-ring (bicyclic) bond motifs is 1. The van der Waals surface area contributed by atoms with Crippen molar-refractivity contribution in [2.75, 3.05) is 0 Å². The molecule has 0 bridgehead atoms. The SMILES string of the molecule is CC1(C)S[C@@H]2[C@H](N=C([O-])[C@H](N=[N+]=[N-])c3ccccc3)C(=O)N2[C@H]1C(=O)O.[Na+]. The molecule has 2 fully saturated rings. The molecule has 2 saturated heterocycles. The Kier molecular flexibility index (Phi) is 6.49. The van der Waals surface area contributed by atoms with Crippen molar-refractivity contribution in [1.29, 1.82) is 0 Å². The number of aliphatic imine (C=N–C) groups is 1. The minimum atomic E-state index is -1.15. The number of azide groups is 1. The first-order valence-corrected chi connectivity index (χ1v) is 8.72. The molecule has 136 valence electrons. The van der Waals surface area contributed by atoms with Crippen molar-refractivity contribution in [2.24, 2.45) is 10.1 Å². The summed E-state index contributed by atoms with van der Waals surface area (Å²) in [5.74, 6) is -2.30. The third-order valence-electron chi connectivity index (χ3n) is 4.43. The summed E-state index contributed by atoms with van der Waals surface area (Å²) in [5.41, 5.74) is 9.22. The average molecular weight is 397 g/mol. The van der Waals surface area contributed by atoms with Crippen LogP contribution in [-0.4, -0.2) is 50.0 Å². The molecule has 9 nitrogen and oxygen atoms in total. The zero-order chi connectivity index (χ0) is 19.1. The van der Waals surface area contributed by atoms with Crippen LogP contribution in [0.4, 0.5) is 0 Å². The fourth-order valence-corrected chi connectivity index (χ4v) is 4.88. The maximum absolute atomic E-state index is 12.5. The van der Waals surface area contributed by atoms with Crippen LogP contribution in [0.25, 0.3) is 10.4 Å². The molecule has 3 rings (SSSR count). The van der Waals surface area contributed by atoms with Crippen LogP contribution in [0, 0.1) is 0 Å². The number of aliphatic carboxylic acids is 1. The molecule has 0 spiro atoms. The second-order valence-corrected chi connectivity index (χ2v) is 8.30. The van der Waals surface area contributed by atoms with E-state index >= 15 is 0 Å². The van der Waals surface area contributed by atoms with Crippen LogP contribution in [0.5, 0.6) is 0 Å². The Morgan fingerprint density at radius 3 is 2.59 bits per heavy atom. The van der Waals surface area contributed by atoms with E-state index in [0.717, 1.165) is 0 Å². The monoisotopic (exact) mass is 397 g/mol. The fraction of sp³-hybridized carbons (Fsp3) is 0.438.